The molecule has 1 amide bonds. The molecule has 5 heteroatoms. The second kappa shape index (κ2) is 7.98. The average Bonchev–Trinajstić information content (AvgIpc) is 2.55. The number of hydrazone groups is 1. The first-order chi connectivity index (χ1) is 11.1. The zero-order valence-corrected chi connectivity index (χ0v) is 13.4. The quantitative estimate of drug-likeness (QED) is 0.659. The van der Waals surface area contributed by atoms with E-state index in [1.54, 1.807) is 20.2 Å². The Hall–Kier alpha value is -2.82. The van der Waals surface area contributed by atoms with Crippen molar-refractivity contribution >= 4 is 12.1 Å². The van der Waals surface area contributed by atoms with Gasteiger partial charge in [0.05, 0.1) is 13.3 Å². The lowest BCUT2D eigenvalue weighted by molar-refractivity contribution is -0.127. The number of nitrogens with one attached hydrogen (secondary N) is 1. The number of amides is 1. The van der Waals surface area contributed by atoms with Crippen LogP contribution >= 0.6 is 0 Å². The van der Waals surface area contributed by atoms with Crippen molar-refractivity contribution in [3.63, 3.8) is 0 Å². The molecule has 120 valence electrons. The largest absolute Gasteiger partial charge is 0.497 e. The number of rotatable bonds is 6. The normalized spacial score (nSPS) is 12.0. The number of hydrogen-bond acceptors (Lipinski definition) is 4. The zero-order valence-electron chi connectivity index (χ0n) is 13.4. The fourth-order valence-corrected chi connectivity index (χ4v) is 1.90. The highest BCUT2D eigenvalue weighted by Crippen LogP contribution is 2.14. The number of carbonyl (C=O) groups is 1. The molecule has 2 rings (SSSR count). The van der Waals surface area contributed by atoms with Gasteiger partial charge in [-0.25, -0.2) is 5.43 Å². The Balaban J connectivity index is 1.86. The summed E-state index contributed by atoms with van der Waals surface area (Å²) in [5, 5.41) is 3.93. The third-order valence-corrected chi connectivity index (χ3v) is 3.18. The van der Waals surface area contributed by atoms with Crippen molar-refractivity contribution in [2.24, 2.45) is 5.10 Å². The zero-order chi connectivity index (χ0) is 16.7. The minimum atomic E-state index is -0.634. The molecule has 0 bridgehead atoms. The maximum absolute atomic E-state index is 12.0. The van der Waals surface area contributed by atoms with E-state index in [1.807, 2.05) is 55.5 Å². The second-order valence-electron chi connectivity index (χ2n) is 5.08. The van der Waals surface area contributed by atoms with Gasteiger partial charge in [0.1, 0.15) is 11.5 Å². The van der Waals surface area contributed by atoms with E-state index < -0.39 is 6.10 Å². The first kappa shape index (κ1) is 16.5. The van der Waals surface area contributed by atoms with E-state index in [1.165, 1.54) is 0 Å². The topological polar surface area (TPSA) is 59.9 Å². The highest BCUT2D eigenvalue weighted by molar-refractivity contribution is 5.84. The molecule has 0 fully saturated rings. The molecule has 0 saturated carbocycles. The summed E-state index contributed by atoms with van der Waals surface area (Å²) in [6, 6.07) is 14.9. The maximum atomic E-state index is 12.0. The van der Waals surface area contributed by atoms with Crippen molar-refractivity contribution in [3.05, 3.63) is 59.7 Å². The van der Waals surface area contributed by atoms with Gasteiger partial charge in [0.2, 0.25) is 0 Å². The van der Waals surface area contributed by atoms with Gasteiger partial charge in [-0.05, 0) is 61.4 Å². The Labute approximate surface area is 135 Å². The Bertz CT molecular complexity index is 681. The van der Waals surface area contributed by atoms with Gasteiger partial charge in [-0.2, -0.15) is 5.10 Å². The van der Waals surface area contributed by atoms with E-state index in [4.69, 9.17) is 9.47 Å². The summed E-state index contributed by atoms with van der Waals surface area (Å²) in [6.07, 6.45) is 0.932. The van der Waals surface area contributed by atoms with Gasteiger partial charge < -0.3 is 9.47 Å². The molecule has 0 aliphatic rings. The minimum absolute atomic E-state index is 0.309. The van der Waals surface area contributed by atoms with Crippen molar-refractivity contribution in [2.45, 2.75) is 20.0 Å². The first-order valence-corrected chi connectivity index (χ1v) is 7.29. The number of methoxy groups -OCH3 is 1. The number of ether oxygens (including phenoxy) is 2. The molecule has 2 aromatic carbocycles. The van der Waals surface area contributed by atoms with Crippen molar-refractivity contribution in [1.29, 1.82) is 0 Å². The van der Waals surface area contributed by atoms with Crippen LogP contribution in [0.3, 0.4) is 0 Å². The van der Waals surface area contributed by atoms with Gasteiger partial charge in [0, 0.05) is 0 Å². The molecule has 0 aliphatic carbocycles. The summed E-state index contributed by atoms with van der Waals surface area (Å²) in [4.78, 5) is 12.0. The lowest BCUT2D eigenvalue weighted by Crippen LogP contribution is -2.33. The van der Waals surface area contributed by atoms with Crippen molar-refractivity contribution < 1.29 is 14.3 Å². The number of nitrogens with zero attached hydrogens (tertiary/aromatic N) is 1. The van der Waals surface area contributed by atoms with E-state index >= 15 is 0 Å². The summed E-state index contributed by atoms with van der Waals surface area (Å²) in [5.74, 6) is 1.12. The molecular weight excluding hydrogens is 292 g/mol. The van der Waals surface area contributed by atoms with E-state index in [0.717, 1.165) is 16.9 Å². The standard InChI is InChI=1S/C18H20N2O3/c1-13-5-4-6-17(11-13)23-14(2)18(21)20-19-12-15-7-9-16(22-3)10-8-15/h4-12,14H,1-3H3,(H,20,21)/t14-/m0/s1. The number of carbonyl (C=O) groups excluding carboxylic acids is 1. The fourth-order valence-electron chi connectivity index (χ4n) is 1.90. The summed E-state index contributed by atoms with van der Waals surface area (Å²) in [5.41, 5.74) is 4.40. The minimum Gasteiger partial charge on any atom is -0.497 e. The number of aryl methyl sites for hydroxylation is 1. The Morgan fingerprint density at radius 1 is 1.17 bits per heavy atom. The molecule has 1 atom stereocenters. The highest BCUT2D eigenvalue weighted by Gasteiger charge is 2.13. The van der Waals surface area contributed by atoms with E-state index in [0.29, 0.717) is 5.75 Å². The van der Waals surface area contributed by atoms with Crippen LogP contribution in [0, 0.1) is 6.92 Å². The lowest BCUT2D eigenvalue weighted by Gasteiger charge is -2.13. The van der Waals surface area contributed by atoms with Crippen LogP contribution in [0.2, 0.25) is 0 Å². The molecule has 0 heterocycles. The van der Waals surface area contributed by atoms with Crippen molar-refractivity contribution in [3.8, 4) is 11.5 Å². The summed E-state index contributed by atoms with van der Waals surface area (Å²) in [7, 11) is 1.61. The summed E-state index contributed by atoms with van der Waals surface area (Å²) < 4.78 is 10.7. The molecule has 5 nitrogen and oxygen atoms in total. The van der Waals surface area contributed by atoms with Gasteiger partial charge >= 0.3 is 0 Å². The highest BCUT2D eigenvalue weighted by atomic mass is 16.5. The van der Waals surface area contributed by atoms with Crippen LogP contribution in [-0.2, 0) is 4.79 Å². The van der Waals surface area contributed by atoms with Gasteiger partial charge in [-0.15, -0.1) is 0 Å². The molecule has 1 N–H and O–H groups in total. The molecule has 0 radical (unpaired) electrons. The maximum Gasteiger partial charge on any atom is 0.280 e. The summed E-state index contributed by atoms with van der Waals surface area (Å²) in [6.45, 7) is 3.65. The van der Waals surface area contributed by atoms with Gasteiger partial charge in [-0.3, -0.25) is 4.79 Å². The first-order valence-electron chi connectivity index (χ1n) is 7.29. The van der Waals surface area contributed by atoms with Crippen LogP contribution in [0.1, 0.15) is 18.1 Å². The molecule has 0 spiro atoms. The predicted octanol–water partition coefficient (Wildman–Crippen LogP) is 2.92. The van der Waals surface area contributed by atoms with Crippen molar-refractivity contribution in [1.82, 2.24) is 5.43 Å². The molecule has 0 unspecified atom stereocenters. The molecule has 23 heavy (non-hydrogen) atoms. The molecule has 2 aromatic rings. The van der Waals surface area contributed by atoms with Crippen LogP contribution in [0.25, 0.3) is 0 Å². The Morgan fingerprint density at radius 2 is 1.91 bits per heavy atom. The Kier molecular flexibility index (Phi) is 5.74. The second-order valence-corrected chi connectivity index (χ2v) is 5.08. The lowest BCUT2D eigenvalue weighted by atomic mass is 10.2. The third-order valence-electron chi connectivity index (χ3n) is 3.18. The third kappa shape index (κ3) is 5.14. The van der Waals surface area contributed by atoms with E-state index in [9.17, 15) is 4.79 Å². The van der Waals surface area contributed by atoms with E-state index in [-0.39, 0.29) is 5.91 Å². The van der Waals surface area contributed by atoms with Gasteiger partial charge in [0.25, 0.3) is 5.91 Å². The van der Waals surface area contributed by atoms with Crippen LogP contribution in [0.15, 0.2) is 53.6 Å². The smallest absolute Gasteiger partial charge is 0.280 e. The molecule has 0 aliphatic heterocycles. The van der Waals surface area contributed by atoms with E-state index in [2.05, 4.69) is 10.5 Å². The van der Waals surface area contributed by atoms with Crippen LogP contribution in [0.5, 0.6) is 11.5 Å². The van der Waals surface area contributed by atoms with Gasteiger partial charge in [-0.1, -0.05) is 12.1 Å². The number of hydrogen-bond donors (Lipinski definition) is 1. The molecule has 0 saturated heterocycles. The molecular formula is C18H20N2O3. The van der Waals surface area contributed by atoms with Crippen LogP contribution in [0.4, 0.5) is 0 Å². The molecule has 0 aromatic heterocycles. The van der Waals surface area contributed by atoms with Crippen LogP contribution in [-0.4, -0.2) is 25.3 Å². The monoisotopic (exact) mass is 312 g/mol. The van der Waals surface area contributed by atoms with Crippen LogP contribution < -0.4 is 14.9 Å². The fraction of sp³-hybridized carbons (Fsp3) is 0.222. The number of benzene rings is 2. The average molecular weight is 312 g/mol. The summed E-state index contributed by atoms with van der Waals surface area (Å²) >= 11 is 0. The van der Waals surface area contributed by atoms with Crippen molar-refractivity contribution in [2.75, 3.05) is 7.11 Å². The Morgan fingerprint density at radius 3 is 2.57 bits per heavy atom. The predicted molar refractivity (Wildman–Crippen MR) is 90.0 cm³/mol. The van der Waals surface area contributed by atoms with Gasteiger partial charge in [0.15, 0.2) is 6.10 Å². The SMILES string of the molecule is COc1ccc(C=NNC(=O)[C@H](C)Oc2cccc(C)c2)cc1.